The number of hydrogen-bond acceptors (Lipinski definition) is 9. The van der Waals surface area contributed by atoms with Crippen molar-refractivity contribution < 1.29 is 14.2 Å². The molecule has 11 heteroatoms. The van der Waals surface area contributed by atoms with Gasteiger partial charge in [0.25, 0.3) is 5.91 Å². The van der Waals surface area contributed by atoms with Crippen molar-refractivity contribution in [3.63, 3.8) is 0 Å². The van der Waals surface area contributed by atoms with E-state index in [9.17, 15) is 4.79 Å². The average molecular weight is 384 g/mol. The molecular weight excluding hydrogens is 364 g/mol. The number of benzene rings is 1. The van der Waals surface area contributed by atoms with Gasteiger partial charge in [-0.1, -0.05) is 19.1 Å². The van der Waals surface area contributed by atoms with Crippen LogP contribution in [0.4, 0.5) is 5.82 Å². The maximum atomic E-state index is 12.5. The first-order valence-corrected chi connectivity index (χ1v) is 8.61. The van der Waals surface area contributed by atoms with E-state index in [0.717, 1.165) is 11.3 Å². The Labute approximate surface area is 160 Å². The summed E-state index contributed by atoms with van der Waals surface area (Å²) in [5.74, 6) is 0.387. The molecule has 0 bridgehead atoms. The molecule has 0 atom stereocenters. The number of hydrogen-bond donors (Lipinski definition) is 2. The lowest BCUT2D eigenvalue weighted by atomic mass is 10.1. The van der Waals surface area contributed by atoms with Crippen molar-refractivity contribution in [1.29, 1.82) is 0 Å². The van der Waals surface area contributed by atoms with Gasteiger partial charge in [-0.2, -0.15) is 9.78 Å². The molecule has 0 saturated heterocycles. The molecule has 0 spiro atoms. The van der Waals surface area contributed by atoms with Crippen LogP contribution in [0.25, 0.3) is 5.82 Å². The van der Waals surface area contributed by atoms with E-state index in [-0.39, 0.29) is 23.2 Å². The predicted octanol–water partition coefficient (Wildman–Crippen LogP) is 1.52. The van der Waals surface area contributed by atoms with Crippen LogP contribution < -0.4 is 15.9 Å². The van der Waals surface area contributed by atoms with E-state index in [1.165, 1.54) is 10.9 Å². The minimum Gasteiger partial charge on any atom is -0.494 e. The van der Waals surface area contributed by atoms with Crippen LogP contribution in [0.1, 0.15) is 48.4 Å². The molecular formula is C17H20N8O3. The molecule has 0 aliphatic heterocycles. The van der Waals surface area contributed by atoms with Gasteiger partial charge in [0.05, 0.1) is 18.5 Å². The molecule has 1 aromatic carbocycles. The van der Waals surface area contributed by atoms with Crippen LogP contribution in [-0.4, -0.2) is 44.0 Å². The van der Waals surface area contributed by atoms with Gasteiger partial charge in [0.2, 0.25) is 11.6 Å². The number of rotatable bonds is 7. The monoisotopic (exact) mass is 384 g/mol. The summed E-state index contributed by atoms with van der Waals surface area (Å²) < 4.78 is 11.3. The van der Waals surface area contributed by atoms with E-state index in [0.29, 0.717) is 12.3 Å². The van der Waals surface area contributed by atoms with Gasteiger partial charge in [0.1, 0.15) is 5.75 Å². The number of amides is 1. The van der Waals surface area contributed by atoms with Crippen molar-refractivity contribution in [3.05, 3.63) is 41.2 Å². The Morgan fingerprint density at radius 3 is 2.71 bits per heavy atom. The maximum absolute atomic E-state index is 12.5. The second-order valence-electron chi connectivity index (χ2n) is 6.06. The van der Waals surface area contributed by atoms with Gasteiger partial charge >= 0.3 is 0 Å². The van der Waals surface area contributed by atoms with Gasteiger partial charge in [-0.15, -0.1) is 5.10 Å². The summed E-state index contributed by atoms with van der Waals surface area (Å²) in [5.41, 5.74) is 9.59. The Morgan fingerprint density at radius 2 is 2.11 bits per heavy atom. The number of carbonyl (C=O) groups is 1. The highest BCUT2D eigenvalue weighted by atomic mass is 16.6. The molecule has 3 rings (SSSR count). The Hall–Kier alpha value is -3.76. The van der Waals surface area contributed by atoms with Crippen molar-refractivity contribution in [2.75, 3.05) is 12.3 Å². The standard InChI is InChI=1S/C17H20N8O3/c1-4-27-12-7-5-11(6-8-12)9-19-21-17(26)13-14(10(2)3)25(24-20-13)16-15(18)22-28-23-16/h5-10H,4H2,1-3H3,(H2,18,22)(H,21,26). The lowest BCUT2D eigenvalue weighted by molar-refractivity contribution is 0.0948. The van der Waals surface area contributed by atoms with Gasteiger partial charge in [-0.25, -0.2) is 10.1 Å². The Bertz CT molecular complexity index is 975. The number of nitrogens with two attached hydrogens (primary N) is 1. The van der Waals surface area contributed by atoms with Crippen LogP contribution in [0.5, 0.6) is 5.75 Å². The van der Waals surface area contributed by atoms with E-state index in [1.54, 1.807) is 0 Å². The Balaban J connectivity index is 1.75. The van der Waals surface area contributed by atoms with E-state index >= 15 is 0 Å². The van der Waals surface area contributed by atoms with Crippen LogP contribution in [0.15, 0.2) is 34.0 Å². The van der Waals surface area contributed by atoms with E-state index < -0.39 is 5.91 Å². The zero-order chi connectivity index (χ0) is 20.1. The lowest BCUT2D eigenvalue weighted by Crippen LogP contribution is -2.21. The third-order valence-corrected chi connectivity index (χ3v) is 3.73. The second-order valence-corrected chi connectivity index (χ2v) is 6.06. The number of nitrogens with zero attached hydrogens (tertiary/aromatic N) is 6. The summed E-state index contributed by atoms with van der Waals surface area (Å²) in [5, 5.41) is 19.1. The third kappa shape index (κ3) is 3.98. The fraction of sp³-hybridized carbons (Fsp3) is 0.294. The number of hydrazone groups is 1. The second kappa shape index (κ2) is 8.29. The van der Waals surface area contributed by atoms with Crippen molar-refractivity contribution in [2.24, 2.45) is 5.10 Å². The van der Waals surface area contributed by atoms with Gasteiger partial charge in [-0.3, -0.25) is 4.79 Å². The minimum absolute atomic E-state index is 0.0484. The molecule has 11 nitrogen and oxygen atoms in total. The molecule has 0 radical (unpaired) electrons. The van der Waals surface area contributed by atoms with Crippen molar-refractivity contribution in [3.8, 4) is 11.6 Å². The van der Waals surface area contributed by atoms with Crippen LogP contribution in [0, 0.1) is 0 Å². The van der Waals surface area contributed by atoms with Gasteiger partial charge < -0.3 is 10.5 Å². The summed E-state index contributed by atoms with van der Waals surface area (Å²) in [4.78, 5) is 12.5. The molecule has 1 amide bonds. The normalized spacial score (nSPS) is 11.3. The molecule has 2 aromatic heterocycles. The topological polar surface area (TPSA) is 146 Å². The van der Waals surface area contributed by atoms with Gasteiger partial charge in [0, 0.05) is 0 Å². The summed E-state index contributed by atoms with van der Waals surface area (Å²) in [6, 6.07) is 7.31. The van der Waals surface area contributed by atoms with E-state index in [1.807, 2.05) is 45.0 Å². The summed E-state index contributed by atoms with van der Waals surface area (Å²) >= 11 is 0. The summed E-state index contributed by atoms with van der Waals surface area (Å²) in [6.07, 6.45) is 1.52. The molecule has 28 heavy (non-hydrogen) atoms. The molecule has 146 valence electrons. The molecule has 0 saturated carbocycles. The van der Waals surface area contributed by atoms with Crippen LogP contribution in [0.3, 0.4) is 0 Å². The fourth-order valence-electron chi connectivity index (χ4n) is 2.50. The third-order valence-electron chi connectivity index (χ3n) is 3.73. The zero-order valence-corrected chi connectivity index (χ0v) is 15.7. The SMILES string of the molecule is CCOc1ccc(C=NNC(=O)c2nnn(-c3nonc3N)c2C(C)C)cc1. The van der Waals surface area contributed by atoms with Gasteiger partial charge in [-0.05, 0) is 53.0 Å². The maximum Gasteiger partial charge on any atom is 0.293 e. The number of carbonyl (C=O) groups excluding carboxylic acids is 1. The molecule has 2 heterocycles. The molecule has 0 unspecified atom stereocenters. The molecule has 0 fully saturated rings. The van der Waals surface area contributed by atoms with Crippen molar-refractivity contribution in [1.82, 2.24) is 30.7 Å². The average Bonchev–Trinajstić information content (AvgIpc) is 3.29. The molecule has 0 aliphatic carbocycles. The number of nitrogen functional groups attached to an aromatic ring is 1. The predicted molar refractivity (Wildman–Crippen MR) is 100 cm³/mol. The first kappa shape index (κ1) is 19.0. The van der Waals surface area contributed by atoms with Crippen LogP contribution in [-0.2, 0) is 0 Å². The molecule has 0 aliphatic rings. The number of aromatic nitrogens is 5. The van der Waals surface area contributed by atoms with E-state index in [4.69, 9.17) is 10.5 Å². The summed E-state index contributed by atoms with van der Waals surface area (Å²) in [7, 11) is 0. The van der Waals surface area contributed by atoms with Crippen molar-refractivity contribution >= 4 is 17.9 Å². The Kier molecular flexibility index (Phi) is 5.63. The number of ether oxygens (including phenoxy) is 1. The molecule has 3 N–H and O–H groups in total. The van der Waals surface area contributed by atoms with Crippen LogP contribution >= 0.6 is 0 Å². The quantitative estimate of drug-likeness (QED) is 0.460. The first-order chi connectivity index (χ1) is 13.5. The summed E-state index contributed by atoms with van der Waals surface area (Å²) in [6.45, 7) is 6.29. The van der Waals surface area contributed by atoms with Gasteiger partial charge in [0.15, 0.2) is 5.69 Å². The highest BCUT2D eigenvalue weighted by Crippen LogP contribution is 2.22. The molecule has 3 aromatic rings. The van der Waals surface area contributed by atoms with Crippen molar-refractivity contribution in [2.45, 2.75) is 26.7 Å². The number of nitrogens with one attached hydrogen (secondary N) is 1. The van der Waals surface area contributed by atoms with Crippen LogP contribution in [0.2, 0.25) is 0 Å². The highest BCUT2D eigenvalue weighted by Gasteiger charge is 2.25. The number of anilines is 1. The lowest BCUT2D eigenvalue weighted by Gasteiger charge is -2.08. The zero-order valence-electron chi connectivity index (χ0n) is 15.7. The first-order valence-electron chi connectivity index (χ1n) is 8.61. The fourth-order valence-corrected chi connectivity index (χ4v) is 2.50. The van der Waals surface area contributed by atoms with E-state index in [2.05, 4.69) is 35.8 Å². The largest absolute Gasteiger partial charge is 0.494 e. The Morgan fingerprint density at radius 1 is 1.36 bits per heavy atom. The highest BCUT2D eigenvalue weighted by molar-refractivity contribution is 5.94. The minimum atomic E-state index is -0.507. The smallest absolute Gasteiger partial charge is 0.293 e.